The van der Waals surface area contributed by atoms with Crippen molar-refractivity contribution in [3.8, 4) is 0 Å². The van der Waals surface area contributed by atoms with E-state index in [2.05, 4.69) is 12.2 Å². The van der Waals surface area contributed by atoms with Crippen LogP contribution in [0.4, 0.5) is 4.79 Å². The predicted octanol–water partition coefficient (Wildman–Crippen LogP) is 2.08. The molecule has 0 saturated carbocycles. The summed E-state index contributed by atoms with van der Waals surface area (Å²) in [5, 5.41) is 2.32. The highest BCUT2D eigenvalue weighted by Gasteiger charge is 2.27. The summed E-state index contributed by atoms with van der Waals surface area (Å²) in [6, 6.07) is -0.390. The van der Waals surface area contributed by atoms with Crippen molar-refractivity contribution in [1.29, 1.82) is 0 Å². The molecule has 2 aliphatic rings. The summed E-state index contributed by atoms with van der Waals surface area (Å²) >= 11 is 0. The number of imide groups is 1. The SMILES string of the molecule is CCC1=CC(OC)=C(N2CCC(=O)NC2=O)C=CC1. The van der Waals surface area contributed by atoms with Gasteiger partial charge < -0.3 is 4.74 Å². The summed E-state index contributed by atoms with van der Waals surface area (Å²) in [6.07, 6.45) is 7.97. The summed E-state index contributed by atoms with van der Waals surface area (Å²) < 4.78 is 5.39. The maximum atomic E-state index is 11.9. The Morgan fingerprint density at radius 1 is 1.42 bits per heavy atom. The lowest BCUT2D eigenvalue weighted by Gasteiger charge is -2.28. The monoisotopic (exact) mass is 262 g/mol. The number of hydrogen-bond acceptors (Lipinski definition) is 3. The van der Waals surface area contributed by atoms with Gasteiger partial charge >= 0.3 is 6.03 Å². The van der Waals surface area contributed by atoms with Gasteiger partial charge in [0, 0.05) is 13.0 Å². The predicted molar refractivity (Wildman–Crippen MR) is 71.0 cm³/mol. The molecular weight excluding hydrogens is 244 g/mol. The number of nitrogens with zero attached hydrogens (tertiary/aromatic N) is 1. The molecule has 5 nitrogen and oxygen atoms in total. The molecule has 1 aliphatic carbocycles. The van der Waals surface area contributed by atoms with Gasteiger partial charge in [0.05, 0.1) is 12.8 Å². The topological polar surface area (TPSA) is 58.6 Å². The zero-order chi connectivity index (χ0) is 13.8. The van der Waals surface area contributed by atoms with Crippen LogP contribution in [0.25, 0.3) is 0 Å². The van der Waals surface area contributed by atoms with Crippen LogP contribution in [0.15, 0.2) is 35.3 Å². The van der Waals surface area contributed by atoms with Gasteiger partial charge in [-0.1, -0.05) is 18.6 Å². The summed E-state index contributed by atoms with van der Waals surface area (Å²) in [7, 11) is 1.59. The number of ether oxygens (including phenoxy) is 1. The second kappa shape index (κ2) is 5.73. The molecule has 0 unspecified atom stereocenters. The Bertz CT molecular complexity index is 489. The zero-order valence-corrected chi connectivity index (χ0v) is 11.2. The molecule has 1 N–H and O–H groups in total. The Labute approximate surface area is 112 Å². The molecule has 1 aliphatic heterocycles. The van der Waals surface area contributed by atoms with Gasteiger partial charge in [0.25, 0.3) is 0 Å². The van der Waals surface area contributed by atoms with Gasteiger partial charge in [-0.15, -0.1) is 0 Å². The first kappa shape index (κ1) is 13.4. The van der Waals surface area contributed by atoms with Crippen molar-refractivity contribution in [3.05, 3.63) is 35.3 Å². The Morgan fingerprint density at radius 3 is 2.84 bits per heavy atom. The third-order valence-corrected chi connectivity index (χ3v) is 3.26. The minimum atomic E-state index is -0.390. The van der Waals surface area contributed by atoms with E-state index in [9.17, 15) is 9.59 Å². The van der Waals surface area contributed by atoms with Crippen LogP contribution in [0.5, 0.6) is 0 Å². The lowest BCUT2D eigenvalue weighted by Crippen LogP contribution is -2.48. The fourth-order valence-electron chi connectivity index (χ4n) is 2.15. The molecule has 1 saturated heterocycles. The van der Waals surface area contributed by atoms with Crippen LogP contribution in [0, 0.1) is 0 Å². The van der Waals surface area contributed by atoms with Crippen LogP contribution in [-0.4, -0.2) is 30.5 Å². The number of rotatable bonds is 3. The third kappa shape index (κ3) is 2.86. The van der Waals surface area contributed by atoms with Crippen LogP contribution < -0.4 is 5.32 Å². The zero-order valence-electron chi connectivity index (χ0n) is 11.2. The Kier molecular flexibility index (Phi) is 4.04. The van der Waals surface area contributed by atoms with E-state index in [4.69, 9.17) is 4.74 Å². The van der Waals surface area contributed by atoms with Gasteiger partial charge in [0.15, 0.2) is 0 Å². The van der Waals surface area contributed by atoms with E-state index in [0.29, 0.717) is 24.4 Å². The fourth-order valence-corrected chi connectivity index (χ4v) is 2.15. The first-order valence-corrected chi connectivity index (χ1v) is 6.41. The second-order valence-corrected chi connectivity index (χ2v) is 4.47. The molecule has 0 bridgehead atoms. The van der Waals surface area contributed by atoms with Crippen molar-refractivity contribution in [1.82, 2.24) is 10.2 Å². The minimum Gasteiger partial charge on any atom is -0.495 e. The van der Waals surface area contributed by atoms with E-state index >= 15 is 0 Å². The molecule has 0 aromatic heterocycles. The smallest absolute Gasteiger partial charge is 0.328 e. The maximum absolute atomic E-state index is 11.9. The van der Waals surface area contributed by atoms with E-state index in [0.717, 1.165) is 12.8 Å². The highest BCUT2D eigenvalue weighted by Crippen LogP contribution is 2.24. The lowest BCUT2D eigenvalue weighted by atomic mass is 10.1. The van der Waals surface area contributed by atoms with Crippen molar-refractivity contribution in [2.24, 2.45) is 0 Å². The van der Waals surface area contributed by atoms with E-state index in [1.807, 2.05) is 18.2 Å². The van der Waals surface area contributed by atoms with Crippen molar-refractivity contribution in [2.45, 2.75) is 26.2 Å². The third-order valence-electron chi connectivity index (χ3n) is 3.26. The van der Waals surface area contributed by atoms with Gasteiger partial charge in [0.2, 0.25) is 5.91 Å². The second-order valence-electron chi connectivity index (χ2n) is 4.47. The van der Waals surface area contributed by atoms with Crippen molar-refractivity contribution in [2.75, 3.05) is 13.7 Å². The molecule has 0 spiro atoms. The van der Waals surface area contributed by atoms with Crippen molar-refractivity contribution in [3.63, 3.8) is 0 Å². The van der Waals surface area contributed by atoms with Gasteiger partial charge in [0.1, 0.15) is 5.76 Å². The summed E-state index contributed by atoms with van der Waals surface area (Å²) in [5.74, 6) is 0.429. The standard InChI is InChI=1S/C14H18N2O3/c1-3-10-5-4-6-11(12(9-10)19-2)16-8-7-13(17)15-14(16)18/h4,6,9H,3,5,7-8H2,1-2H3,(H,15,17,18). The highest BCUT2D eigenvalue weighted by molar-refractivity contribution is 5.97. The van der Waals surface area contributed by atoms with E-state index in [1.165, 1.54) is 5.57 Å². The number of allylic oxidation sites excluding steroid dienone is 4. The summed E-state index contributed by atoms with van der Waals surface area (Å²) in [4.78, 5) is 24.6. The first-order valence-electron chi connectivity index (χ1n) is 6.41. The van der Waals surface area contributed by atoms with E-state index in [1.54, 1.807) is 12.0 Å². The molecule has 1 fully saturated rings. The van der Waals surface area contributed by atoms with Crippen LogP contribution in [0.2, 0.25) is 0 Å². The van der Waals surface area contributed by atoms with Crippen molar-refractivity contribution >= 4 is 11.9 Å². The summed E-state index contributed by atoms with van der Waals surface area (Å²) in [6.45, 7) is 2.47. The molecule has 102 valence electrons. The maximum Gasteiger partial charge on any atom is 0.328 e. The normalized spacial score (nSPS) is 20.1. The molecule has 2 rings (SSSR count). The average molecular weight is 262 g/mol. The summed E-state index contributed by atoms with van der Waals surface area (Å²) in [5.41, 5.74) is 1.95. The van der Waals surface area contributed by atoms with Gasteiger partial charge in [-0.25, -0.2) is 4.79 Å². The molecule has 0 aromatic carbocycles. The van der Waals surface area contributed by atoms with Crippen LogP contribution in [-0.2, 0) is 9.53 Å². The largest absolute Gasteiger partial charge is 0.495 e. The molecule has 0 aromatic rings. The first-order chi connectivity index (χ1) is 9.15. The van der Waals surface area contributed by atoms with Crippen LogP contribution in [0.1, 0.15) is 26.2 Å². The highest BCUT2D eigenvalue weighted by atomic mass is 16.5. The molecule has 19 heavy (non-hydrogen) atoms. The number of carbonyl (C=O) groups is 2. The molecule has 5 heteroatoms. The van der Waals surface area contributed by atoms with Gasteiger partial charge in [-0.3, -0.25) is 15.0 Å². The van der Waals surface area contributed by atoms with Gasteiger partial charge in [-0.2, -0.15) is 0 Å². The lowest BCUT2D eigenvalue weighted by molar-refractivity contribution is -0.121. The number of carbonyl (C=O) groups excluding carboxylic acids is 2. The number of nitrogens with one attached hydrogen (secondary N) is 1. The van der Waals surface area contributed by atoms with Crippen LogP contribution in [0.3, 0.4) is 0 Å². The quantitative estimate of drug-likeness (QED) is 0.847. The van der Waals surface area contributed by atoms with Crippen LogP contribution >= 0.6 is 0 Å². The van der Waals surface area contributed by atoms with E-state index in [-0.39, 0.29) is 5.91 Å². The van der Waals surface area contributed by atoms with E-state index < -0.39 is 6.03 Å². The molecule has 0 atom stereocenters. The number of hydrogen-bond donors (Lipinski definition) is 1. The number of methoxy groups -OCH3 is 1. The number of urea groups is 1. The Morgan fingerprint density at radius 2 is 2.21 bits per heavy atom. The molecule has 0 radical (unpaired) electrons. The molecular formula is C14H18N2O3. The Hall–Kier alpha value is -2.04. The van der Waals surface area contributed by atoms with Crippen molar-refractivity contribution < 1.29 is 14.3 Å². The van der Waals surface area contributed by atoms with Gasteiger partial charge in [-0.05, 0) is 25.0 Å². The molecule has 3 amide bonds. The average Bonchev–Trinajstić information content (AvgIpc) is 2.60. The minimum absolute atomic E-state index is 0.233. The number of amides is 3. The molecule has 1 heterocycles. The Balaban J connectivity index is 2.34. The fraction of sp³-hybridized carbons (Fsp3) is 0.429.